The number of tetrazole rings is 1. The lowest BCUT2D eigenvalue weighted by Crippen LogP contribution is -2.34. The van der Waals surface area contributed by atoms with Crippen LogP contribution in [-0.2, 0) is 17.8 Å². The summed E-state index contributed by atoms with van der Waals surface area (Å²) in [5.74, 6) is -0.159. The number of rotatable bonds is 8. The second-order valence-electron chi connectivity index (χ2n) is 7.68. The standard InChI is InChI=1S/C22H23FN6O2/c1-14-26-27-28-29(14)20(12-15-4-8-18(23)9-5-15)22(31)24-13-16-2-6-17(7-3-16)21(30)25-19-10-11-19/h2-9,19-20H,10-13H2,1H3,(H,24,31)(H,25,30). The molecule has 0 spiro atoms. The van der Waals surface area contributed by atoms with Crippen LogP contribution in [0.4, 0.5) is 4.39 Å². The minimum atomic E-state index is -0.677. The van der Waals surface area contributed by atoms with Gasteiger partial charge in [0.2, 0.25) is 5.91 Å². The van der Waals surface area contributed by atoms with E-state index in [1.165, 1.54) is 16.8 Å². The van der Waals surface area contributed by atoms with Crippen molar-refractivity contribution in [2.75, 3.05) is 0 Å². The molecule has 3 aromatic rings. The Hall–Kier alpha value is -3.62. The highest BCUT2D eigenvalue weighted by Gasteiger charge is 2.25. The second-order valence-corrected chi connectivity index (χ2v) is 7.68. The van der Waals surface area contributed by atoms with Crippen LogP contribution in [0.3, 0.4) is 0 Å². The van der Waals surface area contributed by atoms with Crippen molar-refractivity contribution in [3.05, 3.63) is 76.9 Å². The lowest BCUT2D eigenvalue weighted by atomic mass is 10.0. The maximum atomic E-state index is 13.2. The average molecular weight is 422 g/mol. The molecule has 1 fully saturated rings. The van der Waals surface area contributed by atoms with E-state index in [-0.39, 0.29) is 17.6 Å². The van der Waals surface area contributed by atoms with E-state index in [4.69, 9.17) is 0 Å². The van der Waals surface area contributed by atoms with Crippen LogP contribution in [0, 0.1) is 12.7 Å². The summed E-state index contributed by atoms with van der Waals surface area (Å²) in [7, 11) is 0. The highest BCUT2D eigenvalue weighted by Crippen LogP contribution is 2.19. The first-order valence-electron chi connectivity index (χ1n) is 10.2. The van der Waals surface area contributed by atoms with E-state index in [0.717, 1.165) is 24.0 Å². The molecule has 2 amide bonds. The second kappa shape index (κ2) is 9.03. The van der Waals surface area contributed by atoms with Gasteiger partial charge in [-0.3, -0.25) is 9.59 Å². The number of carbonyl (C=O) groups is 2. The van der Waals surface area contributed by atoms with E-state index >= 15 is 0 Å². The van der Waals surface area contributed by atoms with Crippen LogP contribution >= 0.6 is 0 Å². The molecule has 0 aliphatic heterocycles. The normalized spacial score (nSPS) is 14.1. The number of nitrogens with zero attached hydrogens (tertiary/aromatic N) is 4. The van der Waals surface area contributed by atoms with Crippen LogP contribution in [0.2, 0.25) is 0 Å². The number of aryl methyl sites for hydroxylation is 1. The molecule has 4 rings (SSSR count). The van der Waals surface area contributed by atoms with Gasteiger partial charge in [0.25, 0.3) is 5.91 Å². The Balaban J connectivity index is 1.41. The van der Waals surface area contributed by atoms with Crippen LogP contribution in [0.15, 0.2) is 48.5 Å². The van der Waals surface area contributed by atoms with Gasteiger partial charge in [-0.05, 0) is 65.6 Å². The molecule has 0 saturated heterocycles. The van der Waals surface area contributed by atoms with Gasteiger partial charge in [0.15, 0.2) is 0 Å². The molecule has 2 aromatic carbocycles. The summed E-state index contributed by atoms with van der Waals surface area (Å²) in [5, 5.41) is 17.3. The smallest absolute Gasteiger partial charge is 0.251 e. The molecule has 8 nitrogen and oxygen atoms in total. The maximum absolute atomic E-state index is 13.2. The van der Waals surface area contributed by atoms with Gasteiger partial charge in [0.1, 0.15) is 17.7 Å². The molecular weight excluding hydrogens is 399 g/mol. The monoisotopic (exact) mass is 422 g/mol. The largest absolute Gasteiger partial charge is 0.350 e. The van der Waals surface area contributed by atoms with Crippen LogP contribution in [0.5, 0.6) is 0 Å². The van der Waals surface area contributed by atoms with Crippen LogP contribution < -0.4 is 10.6 Å². The summed E-state index contributed by atoms with van der Waals surface area (Å²) >= 11 is 0. The Bertz CT molecular complexity index is 1060. The van der Waals surface area contributed by atoms with Crippen molar-refractivity contribution in [1.29, 1.82) is 0 Å². The predicted octanol–water partition coefficient (Wildman–Crippen LogP) is 2.11. The first-order chi connectivity index (χ1) is 15.0. The summed E-state index contributed by atoms with van der Waals surface area (Å²) in [6.07, 6.45) is 2.39. The minimum absolute atomic E-state index is 0.0772. The summed E-state index contributed by atoms with van der Waals surface area (Å²) in [6, 6.07) is 12.8. The highest BCUT2D eigenvalue weighted by atomic mass is 19.1. The third-order valence-electron chi connectivity index (χ3n) is 5.19. The van der Waals surface area contributed by atoms with Crippen molar-refractivity contribution in [2.45, 2.75) is 44.8 Å². The lowest BCUT2D eigenvalue weighted by Gasteiger charge is -2.18. The zero-order chi connectivity index (χ0) is 21.8. The molecule has 1 aliphatic carbocycles. The Morgan fingerprint density at radius 2 is 1.77 bits per heavy atom. The number of halogens is 1. The van der Waals surface area contributed by atoms with E-state index in [1.54, 1.807) is 31.2 Å². The highest BCUT2D eigenvalue weighted by molar-refractivity contribution is 5.94. The van der Waals surface area contributed by atoms with Crippen molar-refractivity contribution in [2.24, 2.45) is 0 Å². The van der Waals surface area contributed by atoms with Crippen molar-refractivity contribution >= 4 is 11.8 Å². The lowest BCUT2D eigenvalue weighted by molar-refractivity contribution is -0.124. The number of hydrogen-bond donors (Lipinski definition) is 2. The SMILES string of the molecule is Cc1nnnn1C(Cc1ccc(F)cc1)C(=O)NCc1ccc(C(=O)NC2CC2)cc1. The van der Waals surface area contributed by atoms with Gasteiger partial charge < -0.3 is 10.6 Å². The Morgan fingerprint density at radius 3 is 2.39 bits per heavy atom. The van der Waals surface area contributed by atoms with Gasteiger partial charge in [-0.1, -0.05) is 24.3 Å². The molecule has 1 saturated carbocycles. The molecule has 0 bridgehead atoms. The first kappa shape index (κ1) is 20.6. The van der Waals surface area contributed by atoms with Gasteiger partial charge in [-0.15, -0.1) is 5.10 Å². The minimum Gasteiger partial charge on any atom is -0.350 e. The molecule has 1 heterocycles. The summed E-state index contributed by atoms with van der Waals surface area (Å²) in [4.78, 5) is 25.1. The summed E-state index contributed by atoms with van der Waals surface area (Å²) < 4.78 is 14.7. The van der Waals surface area contributed by atoms with E-state index in [0.29, 0.717) is 30.4 Å². The molecule has 9 heteroatoms. The molecule has 1 aliphatic rings. The molecule has 0 radical (unpaired) electrons. The van der Waals surface area contributed by atoms with Gasteiger partial charge in [0.05, 0.1) is 0 Å². The quantitative estimate of drug-likeness (QED) is 0.579. The number of carbonyl (C=O) groups excluding carboxylic acids is 2. The number of aromatic nitrogens is 4. The van der Waals surface area contributed by atoms with Crippen LogP contribution in [-0.4, -0.2) is 38.1 Å². The van der Waals surface area contributed by atoms with Crippen molar-refractivity contribution in [3.8, 4) is 0 Å². The zero-order valence-electron chi connectivity index (χ0n) is 17.1. The molecule has 1 atom stereocenters. The van der Waals surface area contributed by atoms with E-state index < -0.39 is 6.04 Å². The topological polar surface area (TPSA) is 102 Å². The fraction of sp³-hybridized carbons (Fsp3) is 0.318. The van der Waals surface area contributed by atoms with E-state index in [2.05, 4.69) is 26.2 Å². The average Bonchev–Trinajstić information content (AvgIpc) is 3.49. The third kappa shape index (κ3) is 5.30. The zero-order valence-corrected chi connectivity index (χ0v) is 17.1. The fourth-order valence-electron chi connectivity index (χ4n) is 3.24. The van der Waals surface area contributed by atoms with Crippen molar-refractivity contribution < 1.29 is 14.0 Å². The van der Waals surface area contributed by atoms with Gasteiger partial charge in [0, 0.05) is 24.6 Å². The Labute approximate surface area is 178 Å². The van der Waals surface area contributed by atoms with Crippen LogP contribution in [0.1, 0.15) is 46.2 Å². The summed E-state index contributed by atoms with van der Waals surface area (Å²) in [6.45, 7) is 2.01. The maximum Gasteiger partial charge on any atom is 0.251 e. The Morgan fingerprint density at radius 1 is 1.10 bits per heavy atom. The van der Waals surface area contributed by atoms with Crippen molar-refractivity contribution in [1.82, 2.24) is 30.8 Å². The number of benzene rings is 2. The fourth-order valence-corrected chi connectivity index (χ4v) is 3.24. The predicted molar refractivity (Wildman–Crippen MR) is 110 cm³/mol. The number of amides is 2. The summed E-state index contributed by atoms with van der Waals surface area (Å²) in [5.41, 5.74) is 2.26. The molecular formula is C22H23FN6O2. The van der Waals surface area contributed by atoms with E-state index in [1.807, 2.05) is 12.1 Å². The molecule has 1 aromatic heterocycles. The van der Waals surface area contributed by atoms with Gasteiger partial charge in [-0.2, -0.15) is 0 Å². The van der Waals surface area contributed by atoms with E-state index in [9.17, 15) is 14.0 Å². The number of nitrogens with one attached hydrogen (secondary N) is 2. The molecule has 160 valence electrons. The van der Waals surface area contributed by atoms with Gasteiger partial charge >= 0.3 is 0 Å². The first-order valence-corrected chi connectivity index (χ1v) is 10.2. The number of hydrogen-bond acceptors (Lipinski definition) is 5. The molecule has 31 heavy (non-hydrogen) atoms. The van der Waals surface area contributed by atoms with Gasteiger partial charge in [-0.25, -0.2) is 9.07 Å². The van der Waals surface area contributed by atoms with Crippen LogP contribution in [0.25, 0.3) is 0 Å². The molecule has 1 unspecified atom stereocenters. The van der Waals surface area contributed by atoms with Crippen molar-refractivity contribution in [3.63, 3.8) is 0 Å². The Kier molecular flexibility index (Phi) is 6.01. The molecule has 2 N–H and O–H groups in total. The third-order valence-corrected chi connectivity index (χ3v) is 5.19.